The summed E-state index contributed by atoms with van der Waals surface area (Å²) >= 11 is 1.65. The molecular formula is C14H15NO2S. The Morgan fingerprint density at radius 1 is 1.28 bits per heavy atom. The van der Waals surface area contributed by atoms with E-state index in [0.29, 0.717) is 6.42 Å². The largest absolute Gasteiger partial charge is 0.468 e. The van der Waals surface area contributed by atoms with Crippen LogP contribution in [0.15, 0.2) is 42.5 Å². The van der Waals surface area contributed by atoms with E-state index in [1.807, 2.05) is 24.3 Å². The quantitative estimate of drug-likeness (QED) is 0.860. The van der Waals surface area contributed by atoms with Gasteiger partial charge >= 0.3 is 5.97 Å². The van der Waals surface area contributed by atoms with E-state index in [0.717, 1.165) is 4.88 Å². The van der Waals surface area contributed by atoms with Crippen LogP contribution in [0, 0.1) is 0 Å². The summed E-state index contributed by atoms with van der Waals surface area (Å²) < 4.78 is 4.62. The molecule has 0 saturated carbocycles. The van der Waals surface area contributed by atoms with E-state index in [4.69, 9.17) is 5.73 Å². The summed E-state index contributed by atoms with van der Waals surface area (Å²) in [7, 11) is 1.35. The van der Waals surface area contributed by atoms with Gasteiger partial charge in [0.2, 0.25) is 0 Å². The summed E-state index contributed by atoms with van der Waals surface area (Å²) in [6.45, 7) is 0. The Hall–Kier alpha value is -1.65. The monoisotopic (exact) mass is 261 g/mol. The highest BCUT2D eigenvalue weighted by Crippen LogP contribution is 2.28. The molecule has 1 aromatic carbocycles. The molecule has 3 nitrogen and oxygen atoms in total. The predicted molar refractivity (Wildman–Crippen MR) is 73.5 cm³/mol. The lowest BCUT2D eigenvalue weighted by atomic mass is 10.2. The third kappa shape index (κ3) is 2.97. The van der Waals surface area contributed by atoms with Gasteiger partial charge < -0.3 is 10.5 Å². The molecule has 0 fully saturated rings. The van der Waals surface area contributed by atoms with Crippen LogP contribution in [0.5, 0.6) is 0 Å². The Balaban J connectivity index is 2.09. The zero-order chi connectivity index (χ0) is 13.0. The number of ether oxygens (including phenoxy) is 1. The smallest absolute Gasteiger partial charge is 0.323 e. The third-order valence-corrected chi connectivity index (χ3v) is 3.80. The number of rotatable bonds is 4. The van der Waals surface area contributed by atoms with Crippen LogP contribution >= 0.6 is 11.3 Å². The van der Waals surface area contributed by atoms with E-state index in [-0.39, 0.29) is 5.97 Å². The first kappa shape index (κ1) is 12.8. The van der Waals surface area contributed by atoms with Crippen LogP contribution in [0.1, 0.15) is 4.88 Å². The second-order valence-corrected chi connectivity index (χ2v) is 5.13. The van der Waals surface area contributed by atoms with Gasteiger partial charge in [0, 0.05) is 16.2 Å². The van der Waals surface area contributed by atoms with Crippen molar-refractivity contribution in [3.63, 3.8) is 0 Å². The van der Waals surface area contributed by atoms with Crippen LogP contribution in [0.25, 0.3) is 10.4 Å². The molecular weight excluding hydrogens is 246 g/mol. The minimum atomic E-state index is -0.586. The molecule has 0 radical (unpaired) electrons. The highest BCUT2D eigenvalue weighted by atomic mass is 32.1. The van der Waals surface area contributed by atoms with Crippen LogP contribution in [0.3, 0.4) is 0 Å². The molecule has 0 amide bonds. The SMILES string of the molecule is COC(=O)C(N)Cc1ccc(-c2ccccc2)s1. The van der Waals surface area contributed by atoms with E-state index >= 15 is 0 Å². The van der Waals surface area contributed by atoms with Crippen molar-refractivity contribution in [2.75, 3.05) is 7.11 Å². The molecule has 1 atom stereocenters. The van der Waals surface area contributed by atoms with Crippen LogP contribution in [0.2, 0.25) is 0 Å². The summed E-state index contributed by atoms with van der Waals surface area (Å²) in [5.41, 5.74) is 6.92. The number of nitrogens with two attached hydrogens (primary N) is 1. The van der Waals surface area contributed by atoms with Crippen molar-refractivity contribution in [3.05, 3.63) is 47.3 Å². The van der Waals surface area contributed by atoms with Crippen molar-refractivity contribution in [2.45, 2.75) is 12.5 Å². The van der Waals surface area contributed by atoms with Crippen molar-refractivity contribution in [1.82, 2.24) is 0 Å². The van der Waals surface area contributed by atoms with Gasteiger partial charge in [-0.3, -0.25) is 4.79 Å². The van der Waals surface area contributed by atoms with Crippen molar-refractivity contribution in [3.8, 4) is 10.4 Å². The first-order chi connectivity index (χ1) is 8.70. The number of carbonyl (C=O) groups excluding carboxylic acids is 1. The number of benzene rings is 1. The van der Waals surface area contributed by atoms with Gasteiger partial charge in [-0.05, 0) is 17.7 Å². The molecule has 0 aliphatic heterocycles. The van der Waals surface area contributed by atoms with E-state index in [9.17, 15) is 4.79 Å². The molecule has 1 unspecified atom stereocenters. The highest BCUT2D eigenvalue weighted by Gasteiger charge is 2.15. The normalized spacial score (nSPS) is 12.1. The lowest BCUT2D eigenvalue weighted by Gasteiger charge is -2.06. The van der Waals surface area contributed by atoms with Crippen molar-refractivity contribution >= 4 is 17.3 Å². The molecule has 2 aromatic rings. The molecule has 18 heavy (non-hydrogen) atoms. The van der Waals surface area contributed by atoms with Gasteiger partial charge in [-0.15, -0.1) is 11.3 Å². The fraction of sp³-hybridized carbons (Fsp3) is 0.214. The van der Waals surface area contributed by atoms with Crippen LogP contribution in [-0.4, -0.2) is 19.1 Å². The first-order valence-electron chi connectivity index (χ1n) is 5.68. The molecule has 2 N–H and O–H groups in total. The first-order valence-corrected chi connectivity index (χ1v) is 6.50. The molecule has 4 heteroatoms. The Kier molecular flexibility index (Phi) is 4.12. The second-order valence-electron chi connectivity index (χ2n) is 3.97. The number of esters is 1. The highest BCUT2D eigenvalue weighted by molar-refractivity contribution is 7.15. The molecule has 94 valence electrons. The van der Waals surface area contributed by atoms with Gasteiger partial charge in [-0.1, -0.05) is 30.3 Å². The molecule has 2 rings (SSSR count). The molecule has 0 saturated heterocycles. The predicted octanol–water partition coefficient (Wildman–Crippen LogP) is 2.46. The van der Waals surface area contributed by atoms with Crippen molar-refractivity contribution in [1.29, 1.82) is 0 Å². The lowest BCUT2D eigenvalue weighted by molar-refractivity contribution is -0.142. The van der Waals surface area contributed by atoms with Gasteiger partial charge in [0.1, 0.15) is 6.04 Å². The lowest BCUT2D eigenvalue weighted by Crippen LogP contribution is -2.33. The average Bonchev–Trinajstić information content (AvgIpc) is 2.87. The number of hydrogen-bond donors (Lipinski definition) is 1. The average molecular weight is 261 g/mol. The van der Waals surface area contributed by atoms with Crippen LogP contribution in [0.4, 0.5) is 0 Å². The molecule has 0 aliphatic rings. The fourth-order valence-electron chi connectivity index (χ4n) is 1.70. The van der Waals surface area contributed by atoms with E-state index in [1.165, 1.54) is 17.6 Å². The molecule has 0 spiro atoms. The summed E-state index contributed by atoms with van der Waals surface area (Å²) in [6.07, 6.45) is 0.518. The number of carbonyl (C=O) groups is 1. The molecule has 0 aliphatic carbocycles. The van der Waals surface area contributed by atoms with E-state index < -0.39 is 6.04 Å². The minimum Gasteiger partial charge on any atom is -0.468 e. The second kappa shape index (κ2) is 5.80. The number of thiophene rings is 1. The Labute approximate surface area is 110 Å². The topological polar surface area (TPSA) is 52.3 Å². The number of hydrogen-bond acceptors (Lipinski definition) is 4. The summed E-state index contributed by atoms with van der Waals surface area (Å²) in [6, 6.07) is 13.6. The Morgan fingerprint density at radius 2 is 2.00 bits per heavy atom. The summed E-state index contributed by atoms with van der Waals surface area (Å²) in [4.78, 5) is 13.5. The van der Waals surface area contributed by atoms with Gasteiger partial charge in [0.25, 0.3) is 0 Å². The molecule has 1 heterocycles. The van der Waals surface area contributed by atoms with Crippen molar-refractivity contribution in [2.24, 2.45) is 5.73 Å². The van der Waals surface area contributed by atoms with Gasteiger partial charge in [-0.2, -0.15) is 0 Å². The summed E-state index contributed by atoms with van der Waals surface area (Å²) in [5.74, 6) is -0.371. The zero-order valence-corrected chi connectivity index (χ0v) is 10.9. The van der Waals surface area contributed by atoms with Crippen molar-refractivity contribution < 1.29 is 9.53 Å². The van der Waals surface area contributed by atoms with E-state index in [2.05, 4.69) is 22.9 Å². The maximum Gasteiger partial charge on any atom is 0.323 e. The Morgan fingerprint density at radius 3 is 2.67 bits per heavy atom. The number of methoxy groups -OCH3 is 1. The van der Waals surface area contributed by atoms with Gasteiger partial charge in [0.05, 0.1) is 7.11 Å². The Bertz CT molecular complexity index is 522. The summed E-state index contributed by atoms with van der Waals surface area (Å²) in [5, 5.41) is 0. The minimum absolute atomic E-state index is 0.371. The van der Waals surface area contributed by atoms with Crippen LogP contribution < -0.4 is 5.73 Å². The molecule has 1 aromatic heterocycles. The maximum atomic E-state index is 11.3. The third-order valence-electron chi connectivity index (χ3n) is 2.64. The van der Waals surface area contributed by atoms with E-state index in [1.54, 1.807) is 11.3 Å². The van der Waals surface area contributed by atoms with Gasteiger partial charge in [0.15, 0.2) is 0 Å². The maximum absolute atomic E-state index is 11.3. The van der Waals surface area contributed by atoms with Crippen LogP contribution in [-0.2, 0) is 16.0 Å². The standard InChI is InChI=1S/C14H15NO2S/c1-17-14(16)12(15)9-11-7-8-13(18-11)10-5-3-2-4-6-10/h2-8,12H,9,15H2,1H3. The van der Waals surface area contributed by atoms with Gasteiger partial charge in [-0.25, -0.2) is 0 Å². The fourth-order valence-corrected chi connectivity index (χ4v) is 2.77. The zero-order valence-electron chi connectivity index (χ0n) is 10.1. The molecule has 0 bridgehead atoms.